The fourth-order valence-corrected chi connectivity index (χ4v) is 1.83. The van der Waals surface area contributed by atoms with Crippen LogP contribution in [0.15, 0.2) is 29.8 Å². The molecule has 0 saturated heterocycles. The van der Waals surface area contributed by atoms with Crippen molar-refractivity contribution in [2.75, 3.05) is 0 Å². The first-order chi connectivity index (χ1) is 7.88. The van der Waals surface area contributed by atoms with E-state index in [0.29, 0.717) is 12.0 Å². The average Bonchev–Trinajstić information content (AvgIpc) is 2.55. The van der Waals surface area contributed by atoms with Gasteiger partial charge in [-0.3, -0.25) is 0 Å². The highest BCUT2D eigenvalue weighted by Crippen LogP contribution is 2.30. The Morgan fingerprint density at radius 2 is 1.94 bits per heavy atom. The average molecular weight is 231 g/mol. The summed E-state index contributed by atoms with van der Waals surface area (Å²) in [4.78, 5) is 11.9. The molecule has 3 nitrogen and oxygen atoms in total. The van der Waals surface area contributed by atoms with E-state index in [4.69, 9.17) is 4.74 Å². The topological polar surface area (TPSA) is 49.4 Å². The van der Waals surface area contributed by atoms with Gasteiger partial charge in [-0.15, -0.1) is 0 Å². The van der Waals surface area contributed by atoms with Gasteiger partial charge < -0.3 is 9.84 Å². The van der Waals surface area contributed by atoms with Crippen molar-refractivity contribution < 1.29 is 14.6 Å². The molecule has 0 spiro atoms. The number of carbonyl (C=O) groups excluding carboxylic acids is 1. The number of ether oxygens (including phenoxy) is 1. The Kier molecular flexibility index (Phi) is 2.69. The lowest BCUT2D eigenvalue weighted by molar-refractivity contribution is -0.244. The molecule has 0 saturated carbocycles. The first-order valence-electron chi connectivity index (χ1n) is 5.60. The monoisotopic (exact) mass is 231 g/mol. The van der Waals surface area contributed by atoms with Gasteiger partial charge >= 0.3 is 5.97 Å². The first-order valence-corrected chi connectivity index (χ1v) is 5.60. The van der Waals surface area contributed by atoms with E-state index in [9.17, 15) is 9.90 Å². The summed E-state index contributed by atoms with van der Waals surface area (Å²) in [6.07, 6.45) is 0.379. The number of hydrogen-bond acceptors (Lipinski definition) is 3. The highest BCUT2D eigenvalue weighted by atomic mass is 16.6. The second-order valence-electron chi connectivity index (χ2n) is 5.14. The lowest BCUT2D eigenvalue weighted by Crippen LogP contribution is -2.26. The maximum Gasteiger partial charge on any atom is 0.334 e. The van der Waals surface area contributed by atoms with Gasteiger partial charge in [-0.1, -0.05) is 30.0 Å². The van der Waals surface area contributed by atoms with Crippen LogP contribution in [0.5, 0.6) is 0 Å². The second kappa shape index (κ2) is 3.91. The van der Waals surface area contributed by atoms with Gasteiger partial charge in [-0.05, 0) is 31.9 Å². The van der Waals surface area contributed by atoms with E-state index < -0.39 is 11.6 Å². The SMILES string of the molecule is CC(C)(C)OC(=O)C1=C([O-])c2ccccc2C1. The molecule has 0 heterocycles. The molecule has 0 atom stereocenters. The highest BCUT2D eigenvalue weighted by Gasteiger charge is 2.25. The molecule has 0 unspecified atom stereocenters. The van der Waals surface area contributed by atoms with Crippen LogP contribution in [0.1, 0.15) is 31.9 Å². The second-order valence-corrected chi connectivity index (χ2v) is 5.14. The maximum absolute atomic E-state index is 12.0. The van der Waals surface area contributed by atoms with Crippen LogP contribution in [0.3, 0.4) is 0 Å². The first kappa shape index (κ1) is 11.7. The molecule has 0 bridgehead atoms. The van der Waals surface area contributed by atoms with Gasteiger partial charge in [0, 0.05) is 12.0 Å². The van der Waals surface area contributed by atoms with Crippen LogP contribution in [0.2, 0.25) is 0 Å². The van der Waals surface area contributed by atoms with Gasteiger partial charge in [0.25, 0.3) is 0 Å². The maximum atomic E-state index is 12.0. The van der Waals surface area contributed by atoms with Gasteiger partial charge in [-0.2, -0.15) is 0 Å². The quantitative estimate of drug-likeness (QED) is 0.690. The zero-order valence-corrected chi connectivity index (χ0v) is 10.2. The Bertz CT molecular complexity index is 492. The molecule has 0 fully saturated rings. The largest absolute Gasteiger partial charge is 0.872 e. The van der Waals surface area contributed by atoms with E-state index in [1.54, 1.807) is 32.9 Å². The van der Waals surface area contributed by atoms with Crippen LogP contribution in [-0.4, -0.2) is 11.6 Å². The smallest absolute Gasteiger partial charge is 0.334 e. The van der Waals surface area contributed by atoms with Crippen molar-refractivity contribution in [3.05, 3.63) is 41.0 Å². The molecular weight excluding hydrogens is 216 g/mol. The normalized spacial score (nSPS) is 14.8. The van der Waals surface area contributed by atoms with Gasteiger partial charge in [0.15, 0.2) is 0 Å². The van der Waals surface area contributed by atoms with Crippen molar-refractivity contribution >= 4 is 11.7 Å². The van der Waals surface area contributed by atoms with Gasteiger partial charge in [0.2, 0.25) is 0 Å². The minimum Gasteiger partial charge on any atom is -0.872 e. The third-order valence-electron chi connectivity index (χ3n) is 2.55. The van der Waals surface area contributed by atoms with Crippen molar-refractivity contribution in [2.24, 2.45) is 0 Å². The van der Waals surface area contributed by atoms with Crippen LogP contribution >= 0.6 is 0 Å². The van der Waals surface area contributed by atoms with Crippen molar-refractivity contribution in [2.45, 2.75) is 32.8 Å². The number of esters is 1. The number of carbonyl (C=O) groups is 1. The molecule has 1 aromatic carbocycles. The van der Waals surface area contributed by atoms with Crippen LogP contribution in [0.4, 0.5) is 0 Å². The third kappa shape index (κ3) is 2.33. The third-order valence-corrected chi connectivity index (χ3v) is 2.55. The number of benzene rings is 1. The summed E-state index contributed by atoms with van der Waals surface area (Å²) in [5.74, 6) is -0.700. The number of hydrogen-bond donors (Lipinski definition) is 0. The number of rotatable bonds is 1. The van der Waals surface area contributed by atoms with Crippen molar-refractivity contribution in [3.63, 3.8) is 0 Å². The molecule has 0 aromatic heterocycles. The van der Waals surface area contributed by atoms with Crippen LogP contribution in [0.25, 0.3) is 5.76 Å². The summed E-state index contributed by atoms with van der Waals surface area (Å²) < 4.78 is 5.23. The van der Waals surface area contributed by atoms with Crippen LogP contribution < -0.4 is 5.11 Å². The molecule has 90 valence electrons. The zero-order valence-electron chi connectivity index (χ0n) is 10.2. The van der Waals surface area contributed by atoms with Crippen molar-refractivity contribution in [1.82, 2.24) is 0 Å². The molecule has 2 rings (SSSR count). The zero-order chi connectivity index (χ0) is 12.6. The Morgan fingerprint density at radius 3 is 2.53 bits per heavy atom. The van der Waals surface area contributed by atoms with Gasteiger partial charge in [0.1, 0.15) is 5.60 Å². The van der Waals surface area contributed by atoms with Gasteiger partial charge in [0.05, 0.1) is 0 Å². The van der Waals surface area contributed by atoms with E-state index >= 15 is 0 Å². The molecule has 0 radical (unpaired) electrons. The molecule has 3 heteroatoms. The fourth-order valence-electron chi connectivity index (χ4n) is 1.83. The molecule has 0 aliphatic heterocycles. The van der Waals surface area contributed by atoms with E-state index in [1.807, 2.05) is 12.1 Å². The van der Waals surface area contributed by atoms with Crippen molar-refractivity contribution in [1.29, 1.82) is 0 Å². The van der Waals surface area contributed by atoms with E-state index in [0.717, 1.165) is 5.56 Å². The minimum absolute atomic E-state index is 0.199. The van der Waals surface area contributed by atoms with Crippen molar-refractivity contribution in [3.8, 4) is 0 Å². The summed E-state index contributed by atoms with van der Waals surface area (Å²) in [6, 6.07) is 7.28. The lowest BCUT2D eigenvalue weighted by atomic mass is 10.1. The number of fused-ring (bicyclic) bond motifs is 1. The van der Waals surface area contributed by atoms with E-state index in [2.05, 4.69) is 0 Å². The molecular formula is C14H15O3-. The Labute approximate surface area is 101 Å². The summed E-state index contributed by atoms with van der Waals surface area (Å²) in [5.41, 5.74) is 1.19. The Morgan fingerprint density at radius 1 is 1.29 bits per heavy atom. The van der Waals surface area contributed by atoms with Crippen LogP contribution in [0, 0.1) is 0 Å². The predicted molar refractivity (Wildman–Crippen MR) is 62.9 cm³/mol. The predicted octanol–water partition coefficient (Wildman–Crippen LogP) is 1.66. The molecule has 17 heavy (non-hydrogen) atoms. The van der Waals surface area contributed by atoms with E-state index in [-0.39, 0.29) is 11.3 Å². The molecule has 1 aromatic rings. The summed E-state index contributed by atoms with van der Waals surface area (Å²) in [6.45, 7) is 5.37. The Hall–Kier alpha value is -1.77. The Balaban J connectivity index is 2.26. The highest BCUT2D eigenvalue weighted by molar-refractivity contribution is 5.98. The molecule has 1 aliphatic carbocycles. The summed E-state index contributed by atoms with van der Waals surface area (Å²) >= 11 is 0. The fraction of sp³-hybridized carbons (Fsp3) is 0.357. The van der Waals surface area contributed by atoms with E-state index in [1.165, 1.54) is 0 Å². The minimum atomic E-state index is -0.570. The molecule has 0 N–H and O–H groups in total. The summed E-state index contributed by atoms with van der Waals surface area (Å²) in [5, 5.41) is 12.0. The lowest BCUT2D eigenvalue weighted by Gasteiger charge is -2.21. The van der Waals surface area contributed by atoms with Crippen LogP contribution in [-0.2, 0) is 16.0 Å². The molecule has 1 aliphatic rings. The standard InChI is InChI=1S/C14H16O3/c1-14(2,3)17-13(16)11-8-9-6-4-5-7-10(9)12(11)15/h4-7,15H,8H2,1-3H3/p-1. The van der Waals surface area contributed by atoms with Gasteiger partial charge in [-0.25, -0.2) is 4.79 Å². The summed E-state index contributed by atoms with van der Waals surface area (Å²) in [7, 11) is 0. The molecule has 0 amide bonds.